The number of primary amides is 1. The molecule has 3 aromatic rings. The Hall–Kier alpha value is -4.13. The van der Waals surface area contributed by atoms with Crippen LogP contribution in [0, 0.1) is 0 Å². The van der Waals surface area contributed by atoms with E-state index in [9.17, 15) is 14.4 Å². The molecule has 3 rings (SSSR count). The van der Waals surface area contributed by atoms with E-state index in [-0.39, 0.29) is 18.4 Å². The highest BCUT2D eigenvalue weighted by Gasteiger charge is 2.06. The zero-order chi connectivity index (χ0) is 22.1. The van der Waals surface area contributed by atoms with Crippen LogP contribution in [0.5, 0.6) is 0 Å². The number of nitrogens with one attached hydrogen (secondary N) is 3. The van der Waals surface area contributed by atoms with Crippen molar-refractivity contribution in [3.63, 3.8) is 0 Å². The molecule has 0 saturated carbocycles. The molecule has 5 N–H and O–H groups in total. The summed E-state index contributed by atoms with van der Waals surface area (Å²) in [6, 6.07) is 23.4. The topological polar surface area (TPSA) is 113 Å². The number of anilines is 3. The summed E-state index contributed by atoms with van der Waals surface area (Å²) in [5.74, 6) is -0.840. The van der Waals surface area contributed by atoms with E-state index >= 15 is 0 Å². The summed E-state index contributed by atoms with van der Waals surface area (Å²) >= 11 is 0. The molecule has 0 aliphatic carbocycles. The first-order valence-electron chi connectivity index (χ1n) is 9.87. The molecule has 0 spiro atoms. The van der Waals surface area contributed by atoms with E-state index in [1.54, 1.807) is 48.5 Å². The minimum absolute atomic E-state index is 0.0280. The molecule has 0 atom stereocenters. The van der Waals surface area contributed by atoms with Crippen molar-refractivity contribution in [1.82, 2.24) is 0 Å². The average molecular weight is 416 g/mol. The number of nitrogens with two attached hydrogens (primary N) is 1. The molecule has 3 aromatic carbocycles. The molecule has 0 aromatic heterocycles. The van der Waals surface area contributed by atoms with E-state index in [2.05, 4.69) is 16.0 Å². The first kappa shape index (κ1) is 21.6. The Labute approximate surface area is 180 Å². The van der Waals surface area contributed by atoms with Crippen LogP contribution in [0.3, 0.4) is 0 Å². The number of hydrogen-bond acceptors (Lipinski definition) is 4. The molecule has 3 amide bonds. The molecule has 158 valence electrons. The molecule has 0 radical (unpaired) electrons. The predicted octanol–water partition coefficient (Wildman–Crippen LogP) is 3.41. The highest BCUT2D eigenvalue weighted by atomic mass is 16.2. The number of carbonyl (C=O) groups excluding carboxylic acids is 3. The van der Waals surface area contributed by atoms with Crippen LogP contribution in [0.15, 0.2) is 78.9 Å². The van der Waals surface area contributed by atoms with Gasteiger partial charge in [0.2, 0.25) is 17.7 Å². The van der Waals surface area contributed by atoms with Gasteiger partial charge in [-0.25, -0.2) is 0 Å². The lowest BCUT2D eigenvalue weighted by atomic mass is 10.1. The molecule has 0 bridgehead atoms. The third-order valence-corrected chi connectivity index (χ3v) is 4.54. The van der Waals surface area contributed by atoms with Gasteiger partial charge in [-0.15, -0.1) is 0 Å². The highest BCUT2D eigenvalue weighted by molar-refractivity contribution is 5.96. The lowest BCUT2D eigenvalue weighted by Gasteiger charge is -2.10. The highest BCUT2D eigenvalue weighted by Crippen LogP contribution is 2.15. The zero-order valence-electron chi connectivity index (χ0n) is 16.9. The van der Waals surface area contributed by atoms with Crippen LogP contribution in [-0.2, 0) is 16.0 Å². The summed E-state index contributed by atoms with van der Waals surface area (Å²) < 4.78 is 0. The lowest BCUT2D eigenvalue weighted by Crippen LogP contribution is -2.22. The van der Waals surface area contributed by atoms with Crippen molar-refractivity contribution < 1.29 is 14.4 Å². The number of benzene rings is 3. The molecule has 0 saturated heterocycles. The van der Waals surface area contributed by atoms with Gasteiger partial charge in [0.15, 0.2) is 0 Å². The zero-order valence-corrected chi connectivity index (χ0v) is 16.9. The molecule has 31 heavy (non-hydrogen) atoms. The first-order valence-corrected chi connectivity index (χ1v) is 9.87. The van der Waals surface area contributed by atoms with E-state index in [0.717, 1.165) is 5.56 Å². The summed E-state index contributed by atoms with van der Waals surface area (Å²) in [6.07, 6.45) is 1.07. The maximum Gasteiger partial charge on any atom is 0.248 e. The largest absolute Gasteiger partial charge is 0.376 e. The number of aryl methyl sites for hydroxylation is 1. The average Bonchev–Trinajstić information content (AvgIpc) is 2.78. The fourth-order valence-electron chi connectivity index (χ4n) is 2.93. The standard InChI is InChI=1S/C24H24N4O3/c25-24(31)18-7-4-8-21(15-18)26-16-23(30)28-20-12-10-19(11-13-20)27-22(29)14-9-17-5-2-1-3-6-17/h1-8,10-13,15,26H,9,14,16H2,(H2,25,31)(H,27,29)(H,28,30). The fourth-order valence-corrected chi connectivity index (χ4v) is 2.93. The van der Waals surface area contributed by atoms with Gasteiger partial charge in [0.25, 0.3) is 0 Å². The summed E-state index contributed by atoms with van der Waals surface area (Å²) in [7, 11) is 0. The molecule has 7 heteroatoms. The summed E-state index contributed by atoms with van der Waals surface area (Å²) in [4.78, 5) is 35.5. The molecule has 0 heterocycles. The van der Waals surface area contributed by atoms with E-state index < -0.39 is 5.91 Å². The Balaban J connectivity index is 1.44. The lowest BCUT2D eigenvalue weighted by molar-refractivity contribution is -0.116. The normalized spacial score (nSPS) is 10.2. The van der Waals surface area contributed by atoms with Gasteiger partial charge in [-0.2, -0.15) is 0 Å². The SMILES string of the molecule is NC(=O)c1cccc(NCC(=O)Nc2ccc(NC(=O)CCc3ccccc3)cc2)c1. The summed E-state index contributed by atoms with van der Waals surface area (Å²) in [6.45, 7) is 0.0280. The van der Waals surface area contributed by atoms with Gasteiger partial charge in [-0.3, -0.25) is 14.4 Å². The van der Waals surface area contributed by atoms with Gasteiger partial charge in [-0.1, -0.05) is 36.4 Å². The Morgan fingerprint density at radius 2 is 1.35 bits per heavy atom. The maximum absolute atomic E-state index is 12.2. The van der Waals surface area contributed by atoms with Gasteiger partial charge in [0, 0.05) is 29.0 Å². The summed E-state index contributed by atoms with van der Waals surface area (Å²) in [5.41, 5.74) is 8.64. The number of rotatable bonds is 9. The van der Waals surface area contributed by atoms with Crippen LogP contribution in [0.2, 0.25) is 0 Å². The Kier molecular flexibility index (Phi) is 7.37. The van der Waals surface area contributed by atoms with Gasteiger partial charge < -0.3 is 21.7 Å². The first-order chi connectivity index (χ1) is 15.0. The molecule has 0 aliphatic rings. The van der Waals surface area contributed by atoms with E-state index in [0.29, 0.717) is 35.5 Å². The second-order valence-corrected chi connectivity index (χ2v) is 6.96. The van der Waals surface area contributed by atoms with Crippen LogP contribution in [-0.4, -0.2) is 24.3 Å². The van der Waals surface area contributed by atoms with Crippen molar-refractivity contribution in [2.45, 2.75) is 12.8 Å². The van der Waals surface area contributed by atoms with Crippen molar-refractivity contribution in [3.8, 4) is 0 Å². The second-order valence-electron chi connectivity index (χ2n) is 6.96. The van der Waals surface area contributed by atoms with Gasteiger partial charge in [0.05, 0.1) is 6.54 Å². The molecular formula is C24H24N4O3. The van der Waals surface area contributed by atoms with Crippen LogP contribution >= 0.6 is 0 Å². The number of amides is 3. The molecule has 7 nitrogen and oxygen atoms in total. The predicted molar refractivity (Wildman–Crippen MR) is 122 cm³/mol. The monoisotopic (exact) mass is 416 g/mol. The van der Waals surface area contributed by atoms with E-state index in [4.69, 9.17) is 5.73 Å². The smallest absolute Gasteiger partial charge is 0.248 e. The molecule has 0 aliphatic heterocycles. The Morgan fingerprint density at radius 3 is 2.00 bits per heavy atom. The van der Waals surface area contributed by atoms with Crippen LogP contribution < -0.4 is 21.7 Å². The van der Waals surface area contributed by atoms with Crippen LogP contribution in [0.1, 0.15) is 22.3 Å². The van der Waals surface area contributed by atoms with Crippen molar-refractivity contribution in [3.05, 3.63) is 90.0 Å². The number of hydrogen-bond donors (Lipinski definition) is 4. The van der Waals surface area contributed by atoms with E-state index in [1.165, 1.54) is 0 Å². The van der Waals surface area contributed by atoms with Crippen molar-refractivity contribution in [1.29, 1.82) is 0 Å². The van der Waals surface area contributed by atoms with Gasteiger partial charge >= 0.3 is 0 Å². The second kappa shape index (κ2) is 10.6. The van der Waals surface area contributed by atoms with Crippen molar-refractivity contribution in [2.75, 3.05) is 22.5 Å². The minimum atomic E-state index is -0.527. The quantitative estimate of drug-likeness (QED) is 0.428. The van der Waals surface area contributed by atoms with Crippen LogP contribution in [0.4, 0.5) is 17.1 Å². The summed E-state index contributed by atoms with van der Waals surface area (Å²) in [5, 5.41) is 8.57. The van der Waals surface area contributed by atoms with Gasteiger partial charge in [0.1, 0.15) is 0 Å². The third-order valence-electron chi connectivity index (χ3n) is 4.54. The minimum Gasteiger partial charge on any atom is -0.376 e. The van der Waals surface area contributed by atoms with E-state index in [1.807, 2.05) is 30.3 Å². The Morgan fingerprint density at radius 1 is 0.710 bits per heavy atom. The fraction of sp³-hybridized carbons (Fsp3) is 0.125. The molecule has 0 fully saturated rings. The van der Waals surface area contributed by atoms with Gasteiger partial charge in [-0.05, 0) is 54.4 Å². The van der Waals surface area contributed by atoms with Crippen LogP contribution in [0.25, 0.3) is 0 Å². The number of carbonyl (C=O) groups is 3. The third kappa shape index (κ3) is 7.01. The van der Waals surface area contributed by atoms with Crippen molar-refractivity contribution >= 4 is 34.8 Å². The molecule has 0 unspecified atom stereocenters. The molecular weight excluding hydrogens is 392 g/mol. The van der Waals surface area contributed by atoms with Crippen molar-refractivity contribution in [2.24, 2.45) is 5.73 Å². The Bertz CT molecular complexity index is 1050. The maximum atomic E-state index is 12.2.